The quantitative estimate of drug-likeness (QED) is 0.720. The summed E-state index contributed by atoms with van der Waals surface area (Å²) in [6, 6.07) is 0.458. The van der Waals surface area contributed by atoms with Crippen LogP contribution in [0.15, 0.2) is 19.0 Å². The summed E-state index contributed by atoms with van der Waals surface area (Å²) < 4.78 is 1.79. The second-order valence-corrected chi connectivity index (χ2v) is 3.97. The van der Waals surface area contributed by atoms with E-state index in [1.807, 2.05) is 13.1 Å². The number of nitrogens with one attached hydrogen (secondary N) is 1. The van der Waals surface area contributed by atoms with E-state index < -0.39 is 0 Å². The Labute approximate surface area is 91.4 Å². The monoisotopic (exact) mass is 208 g/mol. The molecule has 0 saturated carbocycles. The minimum atomic E-state index is 0.458. The Hall–Kier alpha value is -1.16. The Balaban J connectivity index is 2.37. The lowest BCUT2D eigenvalue weighted by Gasteiger charge is -2.19. The summed E-state index contributed by atoms with van der Waals surface area (Å²) in [7, 11) is 1.90. The van der Waals surface area contributed by atoms with Crippen LogP contribution in [0.2, 0.25) is 0 Å². The molecule has 0 aliphatic rings. The number of allylic oxidation sites excluding steroid dienone is 1. The third-order valence-electron chi connectivity index (χ3n) is 2.78. The molecular formula is C11H20N4. The first-order chi connectivity index (χ1) is 7.15. The van der Waals surface area contributed by atoms with Gasteiger partial charge in [0, 0.05) is 13.1 Å². The molecule has 2 unspecified atom stereocenters. The van der Waals surface area contributed by atoms with E-state index in [4.69, 9.17) is 0 Å². The maximum absolute atomic E-state index is 4.16. The lowest BCUT2D eigenvalue weighted by atomic mass is 10.00. The van der Waals surface area contributed by atoms with Crippen LogP contribution >= 0.6 is 0 Å². The van der Waals surface area contributed by atoms with E-state index in [1.165, 1.54) is 0 Å². The minimum absolute atomic E-state index is 0.458. The van der Waals surface area contributed by atoms with Gasteiger partial charge in [-0.2, -0.15) is 5.10 Å². The van der Waals surface area contributed by atoms with Crippen molar-refractivity contribution in [2.24, 2.45) is 13.0 Å². The molecule has 0 aliphatic carbocycles. The molecule has 1 rings (SSSR count). The van der Waals surface area contributed by atoms with Crippen LogP contribution in [0.4, 0.5) is 0 Å². The third kappa shape index (κ3) is 3.47. The van der Waals surface area contributed by atoms with Crippen molar-refractivity contribution in [2.75, 3.05) is 0 Å². The number of nitrogens with zero attached hydrogens (tertiary/aromatic N) is 3. The Morgan fingerprint density at radius 3 is 2.87 bits per heavy atom. The molecule has 1 aromatic rings. The molecule has 0 spiro atoms. The summed E-state index contributed by atoms with van der Waals surface area (Å²) >= 11 is 0. The van der Waals surface area contributed by atoms with Gasteiger partial charge in [0.1, 0.15) is 12.2 Å². The van der Waals surface area contributed by atoms with E-state index in [0.29, 0.717) is 12.0 Å². The van der Waals surface area contributed by atoms with Crippen LogP contribution in [0.25, 0.3) is 0 Å². The molecule has 0 aliphatic heterocycles. The second kappa shape index (κ2) is 5.66. The first-order valence-electron chi connectivity index (χ1n) is 5.32. The van der Waals surface area contributed by atoms with Gasteiger partial charge >= 0.3 is 0 Å². The molecule has 0 fully saturated rings. The lowest BCUT2D eigenvalue weighted by molar-refractivity contribution is 0.394. The van der Waals surface area contributed by atoms with Gasteiger partial charge in [-0.1, -0.05) is 13.0 Å². The molecule has 0 aromatic carbocycles. The molecule has 1 heterocycles. The maximum atomic E-state index is 4.16. The van der Waals surface area contributed by atoms with Crippen LogP contribution in [0.1, 0.15) is 26.1 Å². The Morgan fingerprint density at radius 1 is 1.60 bits per heavy atom. The van der Waals surface area contributed by atoms with Crippen LogP contribution < -0.4 is 5.32 Å². The smallest absolute Gasteiger partial charge is 0.140 e. The molecule has 2 atom stereocenters. The number of aryl methyl sites for hydroxylation is 1. The normalized spacial score (nSPS) is 14.9. The van der Waals surface area contributed by atoms with Crippen LogP contribution in [-0.4, -0.2) is 20.8 Å². The van der Waals surface area contributed by atoms with Gasteiger partial charge in [-0.15, -0.1) is 6.58 Å². The standard InChI is InChI=1S/C11H20N4/c1-5-6-9(2)10(3)12-7-11-13-8-14-15(11)4/h5,8-10,12H,1,6-7H2,2-4H3. The zero-order valence-corrected chi connectivity index (χ0v) is 9.77. The highest BCUT2D eigenvalue weighted by molar-refractivity contribution is 4.84. The molecule has 84 valence electrons. The second-order valence-electron chi connectivity index (χ2n) is 3.97. The van der Waals surface area contributed by atoms with Gasteiger partial charge in [0.15, 0.2) is 0 Å². The highest BCUT2D eigenvalue weighted by atomic mass is 15.3. The third-order valence-corrected chi connectivity index (χ3v) is 2.78. The predicted molar refractivity (Wildman–Crippen MR) is 61.3 cm³/mol. The highest BCUT2D eigenvalue weighted by Crippen LogP contribution is 2.08. The van der Waals surface area contributed by atoms with Crippen molar-refractivity contribution in [3.63, 3.8) is 0 Å². The van der Waals surface area contributed by atoms with E-state index >= 15 is 0 Å². The van der Waals surface area contributed by atoms with Crippen molar-refractivity contribution in [1.29, 1.82) is 0 Å². The molecule has 1 aromatic heterocycles. The summed E-state index contributed by atoms with van der Waals surface area (Å²) in [5.41, 5.74) is 0. The van der Waals surface area contributed by atoms with Gasteiger partial charge in [0.2, 0.25) is 0 Å². The molecule has 4 heteroatoms. The maximum Gasteiger partial charge on any atom is 0.140 e. The van der Waals surface area contributed by atoms with Gasteiger partial charge in [-0.05, 0) is 19.3 Å². The lowest BCUT2D eigenvalue weighted by Crippen LogP contribution is -2.32. The summed E-state index contributed by atoms with van der Waals surface area (Å²) in [4.78, 5) is 4.16. The fraction of sp³-hybridized carbons (Fsp3) is 0.636. The molecule has 0 bridgehead atoms. The van der Waals surface area contributed by atoms with Crippen LogP contribution in [0.3, 0.4) is 0 Å². The van der Waals surface area contributed by atoms with Crippen LogP contribution in [0.5, 0.6) is 0 Å². The Morgan fingerprint density at radius 2 is 2.33 bits per heavy atom. The van der Waals surface area contributed by atoms with Crippen molar-refractivity contribution in [2.45, 2.75) is 32.9 Å². The summed E-state index contributed by atoms with van der Waals surface area (Å²) in [5.74, 6) is 1.56. The Bertz CT molecular complexity index is 305. The van der Waals surface area contributed by atoms with Gasteiger partial charge in [0.05, 0.1) is 6.54 Å². The molecule has 4 nitrogen and oxygen atoms in total. The zero-order valence-electron chi connectivity index (χ0n) is 9.77. The zero-order chi connectivity index (χ0) is 11.3. The van der Waals surface area contributed by atoms with Gasteiger partial charge in [-0.3, -0.25) is 4.68 Å². The fourth-order valence-corrected chi connectivity index (χ4v) is 1.40. The number of aromatic nitrogens is 3. The highest BCUT2D eigenvalue weighted by Gasteiger charge is 2.10. The minimum Gasteiger partial charge on any atom is -0.307 e. The fourth-order valence-electron chi connectivity index (χ4n) is 1.40. The molecule has 0 saturated heterocycles. The first kappa shape index (κ1) is 11.9. The van der Waals surface area contributed by atoms with Gasteiger partial charge in [0.25, 0.3) is 0 Å². The summed E-state index contributed by atoms with van der Waals surface area (Å²) in [6.07, 6.45) is 4.58. The number of hydrogen-bond acceptors (Lipinski definition) is 3. The Kier molecular flexibility index (Phi) is 4.49. The van der Waals surface area contributed by atoms with Crippen LogP contribution in [0, 0.1) is 5.92 Å². The molecule has 0 amide bonds. The molecular weight excluding hydrogens is 188 g/mol. The van der Waals surface area contributed by atoms with Gasteiger partial charge < -0.3 is 5.32 Å². The first-order valence-corrected chi connectivity index (χ1v) is 5.32. The summed E-state index contributed by atoms with van der Waals surface area (Å²) in [5, 5.41) is 7.46. The van der Waals surface area contributed by atoms with Gasteiger partial charge in [-0.25, -0.2) is 4.98 Å². The average Bonchev–Trinajstić information content (AvgIpc) is 2.61. The van der Waals surface area contributed by atoms with Crippen molar-refractivity contribution in [3.8, 4) is 0 Å². The number of hydrogen-bond donors (Lipinski definition) is 1. The summed E-state index contributed by atoms with van der Waals surface area (Å²) in [6.45, 7) is 8.92. The van der Waals surface area contributed by atoms with E-state index in [1.54, 1.807) is 11.0 Å². The average molecular weight is 208 g/mol. The van der Waals surface area contributed by atoms with E-state index in [2.05, 4.69) is 35.8 Å². The number of rotatable bonds is 6. The van der Waals surface area contributed by atoms with Crippen molar-refractivity contribution < 1.29 is 0 Å². The SMILES string of the molecule is C=CCC(C)C(C)NCc1ncnn1C. The van der Waals surface area contributed by atoms with Crippen molar-refractivity contribution in [3.05, 3.63) is 24.8 Å². The van der Waals surface area contributed by atoms with Crippen molar-refractivity contribution in [1.82, 2.24) is 20.1 Å². The largest absolute Gasteiger partial charge is 0.307 e. The van der Waals surface area contributed by atoms with E-state index in [0.717, 1.165) is 18.8 Å². The molecule has 1 N–H and O–H groups in total. The van der Waals surface area contributed by atoms with Crippen molar-refractivity contribution >= 4 is 0 Å². The topological polar surface area (TPSA) is 42.7 Å². The van der Waals surface area contributed by atoms with E-state index in [-0.39, 0.29) is 0 Å². The molecule has 15 heavy (non-hydrogen) atoms. The molecule has 0 radical (unpaired) electrons. The predicted octanol–water partition coefficient (Wildman–Crippen LogP) is 1.51. The van der Waals surface area contributed by atoms with Crippen LogP contribution in [-0.2, 0) is 13.6 Å². The van der Waals surface area contributed by atoms with E-state index in [9.17, 15) is 0 Å².